The number of benzene rings is 1. The maximum Gasteiger partial charge on any atom is 0.222 e. The van der Waals surface area contributed by atoms with E-state index in [0.717, 1.165) is 12.3 Å². The van der Waals surface area contributed by atoms with E-state index in [4.69, 9.17) is 5.73 Å². The molecule has 0 bridgehead atoms. The Labute approximate surface area is 118 Å². The van der Waals surface area contributed by atoms with Gasteiger partial charge in [-0.3, -0.25) is 4.79 Å². The highest BCUT2D eigenvalue weighted by Gasteiger charge is 2.17. The Hall–Kier alpha value is -1.47. The Morgan fingerprint density at radius 3 is 2.45 bits per heavy atom. The van der Waals surface area contributed by atoms with Crippen LogP contribution in [0.1, 0.15) is 31.9 Å². The quantitative estimate of drug-likeness (QED) is 0.853. The molecule has 1 aromatic carbocycles. The highest BCUT2D eigenvalue weighted by molar-refractivity contribution is 7.90. The Morgan fingerprint density at radius 1 is 1.40 bits per heavy atom. The van der Waals surface area contributed by atoms with E-state index < -0.39 is 21.7 Å². The topological polar surface area (TPSA) is 89.3 Å². The van der Waals surface area contributed by atoms with Crippen LogP contribution in [-0.2, 0) is 14.6 Å². The zero-order valence-electron chi connectivity index (χ0n) is 11.7. The molecule has 1 rings (SSSR count). The van der Waals surface area contributed by atoms with Gasteiger partial charge in [0, 0.05) is 18.7 Å². The van der Waals surface area contributed by atoms with Crippen molar-refractivity contribution in [2.45, 2.75) is 37.2 Å². The molecule has 3 N–H and O–H groups in total. The van der Waals surface area contributed by atoms with Crippen molar-refractivity contribution in [2.24, 2.45) is 5.73 Å². The van der Waals surface area contributed by atoms with Gasteiger partial charge >= 0.3 is 0 Å². The number of carbonyl (C=O) groups is 1. The van der Waals surface area contributed by atoms with Gasteiger partial charge in [-0.2, -0.15) is 0 Å². The first kappa shape index (κ1) is 16.6. The Morgan fingerprint density at radius 2 is 2.00 bits per heavy atom. The van der Waals surface area contributed by atoms with Crippen molar-refractivity contribution in [1.29, 1.82) is 0 Å². The van der Waals surface area contributed by atoms with Crippen LogP contribution in [0.3, 0.4) is 0 Å². The van der Waals surface area contributed by atoms with E-state index in [1.54, 1.807) is 13.8 Å². The number of sulfone groups is 1. The lowest BCUT2D eigenvalue weighted by Crippen LogP contribution is -2.31. The first-order chi connectivity index (χ1) is 9.11. The minimum absolute atomic E-state index is 0.175. The minimum Gasteiger partial charge on any atom is -0.350 e. The van der Waals surface area contributed by atoms with Crippen molar-refractivity contribution in [3.05, 3.63) is 29.6 Å². The fourth-order valence-electron chi connectivity index (χ4n) is 1.76. The van der Waals surface area contributed by atoms with Crippen LogP contribution < -0.4 is 11.1 Å². The highest BCUT2D eigenvalue weighted by atomic mass is 32.2. The molecule has 0 aliphatic carbocycles. The molecule has 0 radical (unpaired) electrons. The molecule has 7 heteroatoms. The van der Waals surface area contributed by atoms with E-state index >= 15 is 0 Å². The SMILES string of the molecule is CC(N)CC(=O)NC(C)c1ccc(S(C)(=O)=O)c(F)c1. The number of halogens is 1. The van der Waals surface area contributed by atoms with Crippen molar-refractivity contribution in [2.75, 3.05) is 6.26 Å². The van der Waals surface area contributed by atoms with Crippen molar-refractivity contribution < 1.29 is 17.6 Å². The maximum atomic E-state index is 13.7. The molecule has 112 valence electrons. The van der Waals surface area contributed by atoms with Crippen LogP contribution in [0.4, 0.5) is 4.39 Å². The van der Waals surface area contributed by atoms with Crippen molar-refractivity contribution in [3.63, 3.8) is 0 Å². The van der Waals surface area contributed by atoms with Crippen LogP contribution in [0.25, 0.3) is 0 Å². The normalized spacial score (nSPS) is 14.7. The molecule has 0 saturated heterocycles. The molecule has 2 unspecified atom stereocenters. The monoisotopic (exact) mass is 302 g/mol. The zero-order chi connectivity index (χ0) is 15.5. The van der Waals surface area contributed by atoms with Crippen LogP contribution in [0.15, 0.2) is 23.1 Å². The molecule has 1 amide bonds. The van der Waals surface area contributed by atoms with Crippen LogP contribution >= 0.6 is 0 Å². The van der Waals surface area contributed by atoms with Gasteiger partial charge in [-0.1, -0.05) is 6.07 Å². The van der Waals surface area contributed by atoms with E-state index in [1.807, 2.05) is 0 Å². The van der Waals surface area contributed by atoms with Gasteiger partial charge in [-0.05, 0) is 31.5 Å². The molecule has 0 spiro atoms. The number of hydrogen-bond donors (Lipinski definition) is 2. The number of nitrogens with one attached hydrogen (secondary N) is 1. The minimum atomic E-state index is -3.59. The second kappa shape index (κ2) is 6.32. The first-order valence-electron chi connectivity index (χ1n) is 6.15. The van der Waals surface area contributed by atoms with E-state index in [0.29, 0.717) is 5.56 Å². The molecule has 0 aromatic heterocycles. The average molecular weight is 302 g/mol. The Kier molecular flexibility index (Phi) is 5.24. The summed E-state index contributed by atoms with van der Waals surface area (Å²) < 4.78 is 36.4. The molecular formula is C13H19FN2O3S. The molecular weight excluding hydrogens is 283 g/mol. The molecule has 0 heterocycles. The summed E-state index contributed by atoms with van der Waals surface area (Å²) in [5, 5.41) is 2.68. The summed E-state index contributed by atoms with van der Waals surface area (Å²) in [4.78, 5) is 11.2. The van der Waals surface area contributed by atoms with E-state index in [2.05, 4.69) is 5.32 Å². The number of amides is 1. The van der Waals surface area contributed by atoms with Gasteiger partial charge in [0.15, 0.2) is 9.84 Å². The summed E-state index contributed by atoms with van der Waals surface area (Å²) in [5.74, 6) is -1.06. The van der Waals surface area contributed by atoms with Gasteiger partial charge in [0.2, 0.25) is 5.91 Å². The summed E-state index contributed by atoms with van der Waals surface area (Å²) in [6.07, 6.45) is 1.12. The fourth-order valence-corrected chi connectivity index (χ4v) is 2.49. The van der Waals surface area contributed by atoms with Crippen LogP contribution in [0, 0.1) is 5.82 Å². The van der Waals surface area contributed by atoms with Gasteiger partial charge in [0.25, 0.3) is 0 Å². The number of rotatable bonds is 5. The number of nitrogens with two attached hydrogens (primary N) is 1. The third-order valence-corrected chi connectivity index (χ3v) is 3.87. The van der Waals surface area contributed by atoms with E-state index in [1.165, 1.54) is 12.1 Å². The zero-order valence-corrected chi connectivity index (χ0v) is 12.5. The molecule has 0 fully saturated rings. The van der Waals surface area contributed by atoms with Gasteiger partial charge < -0.3 is 11.1 Å². The second-order valence-electron chi connectivity index (χ2n) is 4.93. The van der Waals surface area contributed by atoms with Gasteiger partial charge in [0.1, 0.15) is 10.7 Å². The van der Waals surface area contributed by atoms with E-state index in [9.17, 15) is 17.6 Å². The lowest BCUT2D eigenvalue weighted by atomic mass is 10.1. The lowest BCUT2D eigenvalue weighted by Gasteiger charge is -2.16. The predicted molar refractivity (Wildman–Crippen MR) is 74.3 cm³/mol. The van der Waals surface area contributed by atoms with Gasteiger partial charge in [-0.15, -0.1) is 0 Å². The van der Waals surface area contributed by atoms with Crippen LogP contribution in [0.5, 0.6) is 0 Å². The maximum absolute atomic E-state index is 13.7. The Balaban J connectivity index is 2.88. The summed E-state index contributed by atoms with van der Waals surface area (Å²) in [6.45, 7) is 3.40. The number of carbonyl (C=O) groups excluding carboxylic acids is 1. The number of hydrogen-bond acceptors (Lipinski definition) is 4. The van der Waals surface area contributed by atoms with Gasteiger partial charge in [-0.25, -0.2) is 12.8 Å². The summed E-state index contributed by atoms with van der Waals surface area (Å²) >= 11 is 0. The molecule has 2 atom stereocenters. The van der Waals surface area contributed by atoms with Crippen molar-refractivity contribution in [3.8, 4) is 0 Å². The summed E-state index contributed by atoms with van der Waals surface area (Å²) in [6, 6.07) is 3.12. The molecule has 20 heavy (non-hydrogen) atoms. The second-order valence-corrected chi connectivity index (χ2v) is 6.92. The Bertz CT molecular complexity index is 600. The molecule has 0 aliphatic heterocycles. The van der Waals surface area contributed by atoms with Crippen molar-refractivity contribution >= 4 is 15.7 Å². The lowest BCUT2D eigenvalue weighted by molar-refractivity contribution is -0.122. The third kappa shape index (κ3) is 4.57. The third-order valence-electron chi connectivity index (χ3n) is 2.74. The molecule has 5 nitrogen and oxygen atoms in total. The smallest absolute Gasteiger partial charge is 0.222 e. The standard InChI is InChI=1S/C13H19FN2O3S/c1-8(15)6-13(17)16-9(2)10-4-5-12(11(14)7-10)20(3,18)19/h4-5,7-9H,6,15H2,1-3H3,(H,16,17). The van der Waals surface area contributed by atoms with Crippen LogP contribution in [-0.4, -0.2) is 26.6 Å². The van der Waals surface area contributed by atoms with Crippen molar-refractivity contribution in [1.82, 2.24) is 5.32 Å². The largest absolute Gasteiger partial charge is 0.350 e. The van der Waals surface area contributed by atoms with Crippen LogP contribution in [0.2, 0.25) is 0 Å². The molecule has 1 aromatic rings. The summed E-state index contributed by atoms with van der Waals surface area (Å²) in [5.41, 5.74) is 6.01. The predicted octanol–water partition coefficient (Wildman–Crippen LogP) is 1.14. The van der Waals surface area contributed by atoms with Gasteiger partial charge in [0.05, 0.1) is 6.04 Å². The van der Waals surface area contributed by atoms with E-state index in [-0.39, 0.29) is 23.3 Å². The highest BCUT2D eigenvalue weighted by Crippen LogP contribution is 2.20. The first-order valence-corrected chi connectivity index (χ1v) is 8.05. The molecule has 0 saturated carbocycles. The average Bonchev–Trinajstić information content (AvgIpc) is 2.25. The fraction of sp³-hybridized carbons (Fsp3) is 0.462. The summed E-state index contributed by atoms with van der Waals surface area (Å²) in [7, 11) is -3.59. The molecule has 0 aliphatic rings.